The van der Waals surface area contributed by atoms with Crippen LogP contribution in [0, 0.1) is 5.92 Å². The van der Waals surface area contributed by atoms with Crippen LogP contribution in [0.4, 0.5) is 4.79 Å². The molecule has 0 heterocycles. The van der Waals surface area contributed by atoms with Crippen LogP contribution >= 0.6 is 0 Å². The Kier molecular flexibility index (Phi) is 8.63. The van der Waals surface area contributed by atoms with Gasteiger partial charge in [-0.05, 0) is 33.6 Å². The molecule has 1 atom stereocenters. The molecular formula is C14H25NO5. The van der Waals surface area contributed by atoms with Gasteiger partial charge in [-0.3, -0.25) is 4.79 Å². The van der Waals surface area contributed by atoms with Crippen LogP contribution in [-0.4, -0.2) is 42.5 Å². The summed E-state index contributed by atoms with van der Waals surface area (Å²) in [4.78, 5) is 22.5. The molecule has 0 saturated carbocycles. The molecule has 0 radical (unpaired) electrons. The molecule has 116 valence electrons. The molecule has 6 heteroatoms. The van der Waals surface area contributed by atoms with Crippen LogP contribution in [0.3, 0.4) is 0 Å². The maximum absolute atomic E-state index is 11.4. The second kappa shape index (κ2) is 9.36. The Bertz CT molecular complexity index is 322. The summed E-state index contributed by atoms with van der Waals surface area (Å²) in [7, 11) is 0. The number of alkyl carbamates (subject to hydrolysis) is 1. The SMILES string of the molecule is C=CCOCCC[C@@H](CNC(=O)OC(C)(C)C)C(=O)O. The minimum absolute atomic E-state index is 0.0473. The largest absolute Gasteiger partial charge is 0.481 e. The minimum atomic E-state index is -0.940. The fourth-order valence-corrected chi connectivity index (χ4v) is 1.43. The van der Waals surface area contributed by atoms with E-state index in [4.69, 9.17) is 14.6 Å². The molecule has 0 aromatic rings. The fourth-order valence-electron chi connectivity index (χ4n) is 1.43. The highest BCUT2D eigenvalue weighted by atomic mass is 16.6. The van der Waals surface area contributed by atoms with Crippen LogP contribution in [0.15, 0.2) is 12.7 Å². The van der Waals surface area contributed by atoms with Crippen LogP contribution in [0.5, 0.6) is 0 Å². The van der Waals surface area contributed by atoms with Crippen molar-refractivity contribution < 1.29 is 24.2 Å². The van der Waals surface area contributed by atoms with Gasteiger partial charge in [0, 0.05) is 13.2 Å². The first kappa shape index (κ1) is 18.4. The second-order valence-corrected chi connectivity index (χ2v) is 5.42. The van der Waals surface area contributed by atoms with E-state index in [2.05, 4.69) is 11.9 Å². The van der Waals surface area contributed by atoms with Crippen molar-refractivity contribution in [3.8, 4) is 0 Å². The summed E-state index contributed by atoms with van der Waals surface area (Å²) >= 11 is 0. The molecule has 20 heavy (non-hydrogen) atoms. The van der Waals surface area contributed by atoms with Gasteiger partial charge in [0.1, 0.15) is 5.60 Å². The lowest BCUT2D eigenvalue weighted by atomic mass is 10.0. The third-order valence-electron chi connectivity index (χ3n) is 2.32. The van der Waals surface area contributed by atoms with Crippen molar-refractivity contribution in [3.63, 3.8) is 0 Å². The Hall–Kier alpha value is -1.56. The number of hydrogen-bond acceptors (Lipinski definition) is 4. The Balaban J connectivity index is 3.99. The maximum Gasteiger partial charge on any atom is 0.407 e. The molecule has 0 spiro atoms. The highest BCUT2D eigenvalue weighted by Crippen LogP contribution is 2.09. The summed E-state index contributed by atoms with van der Waals surface area (Å²) in [6.07, 6.45) is 2.08. The van der Waals surface area contributed by atoms with Gasteiger partial charge >= 0.3 is 12.1 Å². The third-order valence-corrected chi connectivity index (χ3v) is 2.32. The van der Waals surface area contributed by atoms with E-state index in [-0.39, 0.29) is 6.54 Å². The monoisotopic (exact) mass is 287 g/mol. The lowest BCUT2D eigenvalue weighted by molar-refractivity contribution is -0.141. The average Bonchev–Trinajstić information content (AvgIpc) is 2.29. The maximum atomic E-state index is 11.4. The first-order valence-electron chi connectivity index (χ1n) is 6.64. The average molecular weight is 287 g/mol. The van der Waals surface area contributed by atoms with Crippen molar-refractivity contribution in [1.29, 1.82) is 0 Å². The quantitative estimate of drug-likeness (QED) is 0.501. The Labute approximate surface area is 120 Å². The lowest BCUT2D eigenvalue weighted by Crippen LogP contribution is -2.37. The number of aliphatic carboxylic acids is 1. The summed E-state index contributed by atoms with van der Waals surface area (Å²) in [5.41, 5.74) is -0.596. The summed E-state index contributed by atoms with van der Waals surface area (Å²) in [6.45, 7) is 9.74. The summed E-state index contributed by atoms with van der Waals surface area (Å²) in [5.74, 6) is -1.58. The Morgan fingerprint density at radius 2 is 2.05 bits per heavy atom. The summed E-state index contributed by atoms with van der Waals surface area (Å²) in [6, 6.07) is 0. The molecule has 0 bridgehead atoms. The van der Waals surface area contributed by atoms with Gasteiger partial charge in [-0.2, -0.15) is 0 Å². The van der Waals surface area contributed by atoms with Gasteiger partial charge in [-0.25, -0.2) is 4.79 Å². The van der Waals surface area contributed by atoms with Crippen LogP contribution < -0.4 is 5.32 Å². The normalized spacial score (nSPS) is 12.6. The lowest BCUT2D eigenvalue weighted by Gasteiger charge is -2.20. The molecule has 0 aliphatic carbocycles. The van der Waals surface area contributed by atoms with Crippen LogP contribution in [-0.2, 0) is 14.3 Å². The fraction of sp³-hybridized carbons (Fsp3) is 0.714. The molecule has 0 aromatic carbocycles. The third kappa shape index (κ3) is 10.4. The first-order valence-corrected chi connectivity index (χ1v) is 6.64. The molecule has 2 N–H and O–H groups in total. The highest BCUT2D eigenvalue weighted by Gasteiger charge is 2.20. The number of amides is 1. The zero-order chi connectivity index (χ0) is 15.6. The van der Waals surface area contributed by atoms with Gasteiger partial charge in [-0.15, -0.1) is 6.58 Å². The molecule has 0 aliphatic heterocycles. The van der Waals surface area contributed by atoms with E-state index in [1.165, 1.54) is 0 Å². The van der Waals surface area contributed by atoms with E-state index in [1.807, 2.05) is 0 Å². The number of nitrogens with one attached hydrogen (secondary N) is 1. The van der Waals surface area contributed by atoms with Crippen LogP contribution in [0.1, 0.15) is 33.6 Å². The van der Waals surface area contributed by atoms with E-state index < -0.39 is 23.6 Å². The second-order valence-electron chi connectivity index (χ2n) is 5.42. The van der Waals surface area contributed by atoms with Gasteiger partial charge in [0.15, 0.2) is 0 Å². The van der Waals surface area contributed by atoms with Gasteiger partial charge < -0.3 is 19.9 Å². The van der Waals surface area contributed by atoms with Gasteiger partial charge in [0.25, 0.3) is 0 Å². The zero-order valence-corrected chi connectivity index (χ0v) is 12.5. The van der Waals surface area contributed by atoms with Crippen molar-refractivity contribution in [3.05, 3.63) is 12.7 Å². The van der Waals surface area contributed by atoms with E-state index in [0.717, 1.165) is 0 Å². The highest BCUT2D eigenvalue weighted by molar-refractivity contribution is 5.72. The van der Waals surface area contributed by atoms with E-state index in [1.54, 1.807) is 26.8 Å². The molecule has 0 aliphatic rings. The predicted octanol–water partition coefficient (Wildman–Crippen LogP) is 2.19. The molecule has 0 fully saturated rings. The van der Waals surface area contributed by atoms with E-state index >= 15 is 0 Å². The van der Waals surface area contributed by atoms with Crippen molar-refractivity contribution in [2.24, 2.45) is 5.92 Å². The molecule has 0 aromatic heterocycles. The number of carbonyl (C=O) groups excluding carboxylic acids is 1. The van der Waals surface area contributed by atoms with Crippen molar-refractivity contribution in [2.75, 3.05) is 19.8 Å². The number of carbonyl (C=O) groups is 2. The van der Waals surface area contributed by atoms with Crippen LogP contribution in [0.2, 0.25) is 0 Å². The topological polar surface area (TPSA) is 84.9 Å². The zero-order valence-electron chi connectivity index (χ0n) is 12.5. The van der Waals surface area contributed by atoms with E-state index in [9.17, 15) is 9.59 Å². The molecule has 1 amide bonds. The van der Waals surface area contributed by atoms with Gasteiger partial charge in [0.2, 0.25) is 0 Å². The number of carboxylic acids is 1. The standard InChI is InChI=1S/C14H25NO5/c1-5-8-19-9-6-7-11(12(16)17)10-15-13(18)20-14(2,3)4/h5,11H,1,6-10H2,2-4H3,(H,15,18)(H,16,17)/t11-/m0/s1. The Morgan fingerprint density at radius 1 is 1.40 bits per heavy atom. The number of carboxylic acid groups (broad SMARTS) is 1. The number of rotatable bonds is 9. The number of hydrogen-bond donors (Lipinski definition) is 2. The summed E-state index contributed by atoms with van der Waals surface area (Å²) in [5, 5.41) is 11.5. The molecule has 0 unspecified atom stereocenters. The van der Waals surface area contributed by atoms with E-state index in [0.29, 0.717) is 26.1 Å². The molecule has 0 rings (SSSR count). The molecule has 0 saturated heterocycles. The molecular weight excluding hydrogens is 262 g/mol. The molecule has 6 nitrogen and oxygen atoms in total. The van der Waals surface area contributed by atoms with Gasteiger partial charge in [-0.1, -0.05) is 6.08 Å². The van der Waals surface area contributed by atoms with Crippen molar-refractivity contribution in [1.82, 2.24) is 5.32 Å². The summed E-state index contributed by atoms with van der Waals surface area (Å²) < 4.78 is 10.2. The Morgan fingerprint density at radius 3 is 2.55 bits per heavy atom. The van der Waals surface area contributed by atoms with Gasteiger partial charge in [0.05, 0.1) is 12.5 Å². The minimum Gasteiger partial charge on any atom is -0.481 e. The van der Waals surface area contributed by atoms with Crippen molar-refractivity contribution >= 4 is 12.1 Å². The predicted molar refractivity (Wildman–Crippen MR) is 75.6 cm³/mol. The smallest absolute Gasteiger partial charge is 0.407 e. The number of ether oxygens (including phenoxy) is 2. The van der Waals surface area contributed by atoms with Crippen molar-refractivity contribution in [2.45, 2.75) is 39.2 Å². The van der Waals surface area contributed by atoms with Crippen LogP contribution in [0.25, 0.3) is 0 Å². The first-order chi connectivity index (χ1) is 9.26.